The third-order valence-corrected chi connectivity index (χ3v) is 6.33. The molecular weight excluding hydrogens is 394 g/mol. The smallest absolute Gasteiger partial charge is 0.257 e. The van der Waals surface area contributed by atoms with Crippen LogP contribution in [0.15, 0.2) is 48.9 Å². The van der Waals surface area contributed by atoms with Gasteiger partial charge in [-0.25, -0.2) is 4.98 Å². The van der Waals surface area contributed by atoms with Crippen LogP contribution in [0.3, 0.4) is 0 Å². The number of anilines is 3. The number of aryl methyl sites for hydroxylation is 1. The van der Waals surface area contributed by atoms with Gasteiger partial charge in [-0.15, -0.1) is 11.3 Å². The van der Waals surface area contributed by atoms with Crippen LogP contribution in [-0.4, -0.2) is 42.1 Å². The number of carbonyl (C=O) groups excluding carboxylic acids is 1. The predicted molar refractivity (Wildman–Crippen MR) is 124 cm³/mol. The van der Waals surface area contributed by atoms with Gasteiger partial charge in [-0.05, 0) is 42.7 Å². The van der Waals surface area contributed by atoms with Gasteiger partial charge in [0, 0.05) is 49.6 Å². The Kier molecular flexibility index (Phi) is 5.99. The molecule has 0 saturated carbocycles. The van der Waals surface area contributed by atoms with Crippen LogP contribution in [0.25, 0.3) is 0 Å². The molecule has 3 heterocycles. The topological polar surface area (TPSA) is 61.4 Å². The van der Waals surface area contributed by atoms with Gasteiger partial charge in [-0.2, -0.15) is 0 Å². The zero-order valence-corrected chi connectivity index (χ0v) is 18.4. The largest absolute Gasteiger partial charge is 0.366 e. The summed E-state index contributed by atoms with van der Waals surface area (Å²) in [6, 6.07) is 9.89. The van der Waals surface area contributed by atoms with E-state index in [-0.39, 0.29) is 5.91 Å². The lowest BCUT2D eigenvalue weighted by Gasteiger charge is -2.37. The third kappa shape index (κ3) is 4.46. The number of benzene rings is 1. The van der Waals surface area contributed by atoms with Crippen LogP contribution in [0.1, 0.15) is 40.6 Å². The molecule has 1 saturated heterocycles. The normalized spacial score (nSPS) is 14.3. The monoisotopic (exact) mass is 421 g/mol. The molecule has 2 aromatic heterocycles. The number of nitrogens with zero attached hydrogens (tertiary/aromatic N) is 4. The maximum absolute atomic E-state index is 12.7. The van der Waals surface area contributed by atoms with E-state index in [1.807, 2.05) is 12.3 Å². The van der Waals surface area contributed by atoms with Crippen molar-refractivity contribution in [3.05, 3.63) is 64.9 Å². The van der Waals surface area contributed by atoms with Crippen molar-refractivity contribution in [2.24, 2.45) is 0 Å². The van der Waals surface area contributed by atoms with Gasteiger partial charge < -0.3 is 15.1 Å². The first kappa shape index (κ1) is 20.3. The second kappa shape index (κ2) is 8.83. The number of hydrogen-bond acceptors (Lipinski definition) is 6. The predicted octanol–water partition coefficient (Wildman–Crippen LogP) is 4.55. The molecule has 1 aliphatic heterocycles. The summed E-state index contributed by atoms with van der Waals surface area (Å²) < 4.78 is 0. The van der Waals surface area contributed by atoms with Crippen molar-refractivity contribution in [2.45, 2.75) is 26.7 Å². The summed E-state index contributed by atoms with van der Waals surface area (Å²) in [7, 11) is 0. The van der Waals surface area contributed by atoms with Gasteiger partial charge in [-0.1, -0.05) is 19.9 Å². The van der Waals surface area contributed by atoms with E-state index in [0.717, 1.165) is 42.7 Å². The summed E-state index contributed by atoms with van der Waals surface area (Å²) in [6.45, 7) is 10.1. The van der Waals surface area contributed by atoms with E-state index >= 15 is 0 Å². The molecule has 7 heteroatoms. The minimum absolute atomic E-state index is 0.140. The van der Waals surface area contributed by atoms with E-state index in [1.165, 1.54) is 10.4 Å². The summed E-state index contributed by atoms with van der Waals surface area (Å²) in [4.78, 5) is 27.2. The number of amides is 1. The molecule has 1 N–H and O–H groups in total. The first-order valence-electron chi connectivity index (χ1n) is 10.3. The number of thiazole rings is 1. The van der Waals surface area contributed by atoms with Crippen LogP contribution < -0.4 is 15.1 Å². The zero-order valence-electron chi connectivity index (χ0n) is 17.6. The van der Waals surface area contributed by atoms with E-state index in [0.29, 0.717) is 11.5 Å². The first-order chi connectivity index (χ1) is 14.5. The van der Waals surface area contributed by atoms with E-state index in [4.69, 9.17) is 0 Å². The Morgan fingerprint density at radius 1 is 1.10 bits per heavy atom. The van der Waals surface area contributed by atoms with E-state index in [2.05, 4.69) is 58.0 Å². The Hall–Kier alpha value is -2.93. The van der Waals surface area contributed by atoms with Crippen molar-refractivity contribution in [1.29, 1.82) is 0 Å². The fraction of sp³-hybridized carbons (Fsp3) is 0.348. The molecule has 6 nitrogen and oxygen atoms in total. The van der Waals surface area contributed by atoms with Crippen molar-refractivity contribution in [1.82, 2.24) is 9.97 Å². The molecule has 30 heavy (non-hydrogen) atoms. The average molecular weight is 422 g/mol. The van der Waals surface area contributed by atoms with Crippen LogP contribution in [0.2, 0.25) is 0 Å². The van der Waals surface area contributed by atoms with Crippen LogP contribution in [-0.2, 0) is 0 Å². The zero-order chi connectivity index (χ0) is 21.1. The highest BCUT2D eigenvalue weighted by Crippen LogP contribution is 2.32. The van der Waals surface area contributed by atoms with Gasteiger partial charge >= 0.3 is 0 Å². The van der Waals surface area contributed by atoms with Gasteiger partial charge in [-0.3, -0.25) is 9.78 Å². The standard InChI is InChI=1S/C23H27N5OS/c1-16(2)18-6-7-20(26-22(29)19-5-4-8-24-15-19)21(13-18)27-9-11-28(12-10-27)23-25-14-17(3)30-23/h4-8,13-16H,9-12H2,1-3H3,(H,26,29). The molecule has 1 amide bonds. The average Bonchev–Trinajstić information content (AvgIpc) is 3.21. The molecule has 4 rings (SSSR count). The Labute approximate surface area is 181 Å². The highest BCUT2D eigenvalue weighted by atomic mass is 32.1. The van der Waals surface area contributed by atoms with E-state index in [1.54, 1.807) is 35.9 Å². The number of pyridine rings is 1. The lowest BCUT2D eigenvalue weighted by molar-refractivity contribution is 0.102. The maximum atomic E-state index is 12.7. The SMILES string of the molecule is Cc1cnc(N2CCN(c3cc(C(C)C)ccc3NC(=O)c3cccnc3)CC2)s1. The minimum atomic E-state index is -0.140. The van der Waals surface area contributed by atoms with Gasteiger partial charge in [0.25, 0.3) is 5.91 Å². The highest BCUT2D eigenvalue weighted by molar-refractivity contribution is 7.15. The summed E-state index contributed by atoms with van der Waals surface area (Å²) >= 11 is 1.74. The summed E-state index contributed by atoms with van der Waals surface area (Å²) in [6.07, 6.45) is 5.19. The first-order valence-corrected chi connectivity index (χ1v) is 11.1. The molecule has 1 aliphatic rings. The second-order valence-corrected chi connectivity index (χ2v) is 9.07. The van der Waals surface area contributed by atoms with Gasteiger partial charge in [0.05, 0.1) is 16.9 Å². The number of nitrogens with one attached hydrogen (secondary N) is 1. The van der Waals surface area contributed by atoms with Crippen LogP contribution in [0.4, 0.5) is 16.5 Å². The van der Waals surface area contributed by atoms with Crippen molar-refractivity contribution in [3.8, 4) is 0 Å². The quantitative estimate of drug-likeness (QED) is 0.655. The Morgan fingerprint density at radius 2 is 1.87 bits per heavy atom. The number of aromatic nitrogens is 2. The van der Waals surface area contributed by atoms with Gasteiger partial charge in [0.15, 0.2) is 5.13 Å². The van der Waals surface area contributed by atoms with Crippen LogP contribution >= 0.6 is 11.3 Å². The van der Waals surface area contributed by atoms with Crippen molar-refractivity contribution < 1.29 is 4.79 Å². The lowest BCUT2D eigenvalue weighted by atomic mass is 10.0. The molecule has 0 unspecified atom stereocenters. The molecule has 0 radical (unpaired) electrons. The van der Waals surface area contributed by atoms with Crippen LogP contribution in [0, 0.1) is 6.92 Å². The molecule has 3 aromatic rings. The molecular formula is C23H27N5OS. The molecule has 1 aromatic carbocycles. The number of carbonyl (C=O) groups is 1. The molecule has 156 valence electrons. The Morgan fingerprint density at radius 3 is 2.50 bits per heavy atom. The maximum Gasteiger partial charge on any atom is 0.257 e. The highest BCUT2D eigenvalue weighted by Gasteiger charge is 2.22. The van der Waals surface area contributed by atoms with Gasteiger partial charge in [0.2, 0.25) is 0 Å². The fourth-order valence-electron chi connectivity index (χ4n) is 3.59. The fourth-order valence-corrected chi connectivity index (χ4v) is 4.40. The van der Waals surface area contributed by atoms with Crippen LogP contribution in [0.5, 0.6) is 0 Å². The third-order valence-electron chi connectivity index (χ3n) is 5.36. The number of hydrogen-bond donors (Lipinski definition) is 1. The Bertz CT molecular complexity index is 1010. The lowest BCUT2D eigenvalue weighted by Crippen LogP contribution is -2.46. The summed E-state index contributed by atoms with van der Waals surface area (Å²) in [5.41, 5.74) is 3.74. The second-order valence-electron chi connectivity index (χ2n) is 7.85. The number of piperazine rings is 1. The molecule has 0 bridgehead atoms. The molecule has 1 fully saturated rings. The Balaban J connectivity index is 1.55. The summed E-state index contributed by atoms with van der Waals surface area (Å²) in [5, 5.41) is 4.18. The van der Waals surface area contributed by atoms with Crippen molar-refractivity contribution in [2.75, 3.05) is 41.3 Å². The summed E-state index contributed by atoms with van der Waals surface area (Å²) in [5.74, 6) is 0.282. The number of rotatable bonds is 5. The van der Waals surface area contributed by atoms with Gasteiger partial charge in [0.1, 0.15) is 0 Å². The molecule has 0 atom stereocenters. The molecule has 0 aliphatic carbocycles. The van der Waals surface area contributed by atoms with Crippen molar-refractivity contribution >= 4 is 33.8 Å². The van der Waals surface area contributed by atoms with E-state index in [9.17, 15) is 4.79 Å². The minimum Gasteiger partial charge on any atom is -0.366 e. The molecule has 0 spiro atoms. The van der Waals surface area contributed by atoms with Crippen molar-refractivity contribution in [3.63, 3.8) is 0 Å². The van der Waals surface area contributed by atoms with E-state index < -0.39 is 0 Å².